The summed E-state index contributed by atoms with van der Waals surface area (Å²) < 4.78 is 0. The van der Waals surface area contributed by atoms with Crippen molar-refractivity contribution in [2.75, 3.05) is 13.1 Å². The first-order valence-corrected chi connectivity index (χ1v) is 7.67. The van der Waals surface area contributed by atoms with Gasteiger partial charge in [0.15, 0.2) is 0 Å². The third kappa shape index (κ3) is 4.61. The predicted octanol–water partition coefficient (Wildman–Crippen LogP) is 3.31. The maximum absolute atomic E-state index is 3.58. The molecule has 13 heavy (non-hydrogen) atoms. The summed E-state index contributed by atoms with van der Waals surface area (Å²) in [7, 11) is 4.22. The van der Waals surface area contributed by atoms with Crippen LogP contribution in [0.25, 0.3) is 0 Å². The van der Waals surface area contributed by atoms with E-state index in [1.54, 1.807) is 0 Å². The fraction of sp³-hybridized carbons (Fsp3) is 1.00. The molecule has 0 bridgehead atoms. The van der Waals surface area contributed by atoms with Crippen molar-refractivity contribution in [1.29, 1.82) is 0 Å². The first-order valence-electron chi connectivity index (χ1n) is 5.39. The Balaban J connectivity index is 2.22. The summed E-state index contributed by atoms with van der Waals surface area (Å²) in [6.45, 7) is 6.98. The van der Waals surface area contributed by atoms with Crippen LogP contribution in [-0.4, -0.2) is 23.6 Å². The van der Waals surface area contributed by atoms with Crippen molar-refractivity contribution in [3.05, 3.63) is 0 Å². The smallest absolute Gasteiger partial charge is 0.0276 e. The van der Waals surface area contributed by atoms with Gasteiger partial charge in [-0.25, -0.2) is 0 Å². The van der Waals surface area contributed by atoms with E-state index in [4.69, 9.17) is 0 Å². The molecule has 1 aliphatic rings. The first kappa shape index (κ1) is 11.7. The van der Waals surface area contributed by atoms with Crippen LogP contribution in [0.1, 0.15) is 39.5 Å². The monoisotopic (exact) mass is 219 g/mol. The van der Waals surface area contributed by atoms with Gasteiger partial charge in [0.1, 0.15) is 0 Å². The molecule has 0 spiro atoms. The molecule has 1 fully saturated rings. The fourth-order valence-corrected chi connectivity index (χ4v) is 4.85. The van der Waals surface area contributed by atoms with Crippen molar-refractivity contribution in [2.45, 2.75) is 50.0 Å². The molecule has 0 aromatic heterocycles. The molecule has 1 heterocycles. The van der Waals surface area contributed by atoms with Crippen LogP contribution in [0.4, 0.5) is 0 Å². The van der Waals surface area contributed by atoms with Crippen LogP contribution in [0.2, 0.25) is 0 Å². The van der Waals surface area contributed by atoms with Crippen LogP contribution in [-0.2, 0) is 0 Å². The molecular weight excluding hydrogens is 198 g/mol. The summed E-state index contributed by atoms with van der Waals surface area (Å²) in [5.41, 5.74) is 0. The molecule has 2 unspecified atom stereocenters. The standard InChI is InChI=1S/C10H21NS2/c1-3-5-9-7-11-8-10(6-4-2)13-12-9/h9-11H,3-8H2,1-2H3. The lowest BCUT2D eigenvalue weighted by Crippen LogP contribution is -2.27. The maximum atomic E-state index is 3.58. The highest BCUT2D eigenvalue weighted by molar-refractivity contribution is 8.77. The van der Waals surface area contributed by atoms with Gasteiger partial charge in [-0.1, -0.05) is 48.3 Å². The Hall–Kier alpha value is 0.660. The van der Waals surface area contributed by atoms with Gasteiger partial charge >= 0.3 is 0 Å². The number of hydrogen-bond acceptors (Lipinski definition) is 3. The van der Waals surface area contributed by atoms with Crippen molar-refractivity contribution >= 4 is 21.6 Å². The zero-order valence-electron chi connectivity index (χ0n) is 8.71. The number of rotatable bonds is 4. The van der Waals surface area contributed by atoms with Crippen LogP contribution in [0.5, 0.6) is 0 Å². The van der Waals surface area contributed by atoms with E-state index in [9.17, 15) is 0 Å². The maximum Gasteiger partial charge on any atom is 0.0276 e. The molecule has 1 N–H and O–H groups in total. The quantitative estimate of drug-likeness (QED) is 0.729. The minimum Gasteiger partial charge on any atom is -0.314 e. The minimum absolute atomic E-state index is 0.844. The molecule has 3 heteroatoms. The fourth-order valence-electron chi connectivity index (χ4n) is 1.57. The minimum atomic E-state index is 0.844. The summed E-state index contributed by atoms with van der Waals surface area (Å²) in [6, 6.07) is 0. The van der Waals surface area contributed by atoms with E-state index < -0.39 is 0 Å². The first-order chi connectivity index (χ1) is 6.36. The third-order valence-electron chi connectivity index (χ3n) is 2.29. The van der Waals surface area contributed by atoms with Gasteiger partial charge in [-0.3, -0.25) is 0 Å². The largest absolute Gasteiger partial charge is 0.314 e. The second-order valence-electron chi connectivity index (χ2n) is 3.67. The molecule has 0 aromatic carbocycles. The van der Waals surface area contributed by atoms with Crippen molar-refractivity contribution < 1.29 is 0 Å². The molecule has 0 aromatic rings. The lowest BCUT2D eigenvalue weighted by atomic mass is 10.2. The lowest BCUT2D eigenvalue weighted by Gasteiger charge is -2.11. The van der Waals surface area contributed by atoms with Crippen LogP contribution in [0, 0.1) is 0 Å². The molecule has 0 saturated carbocycles. The van der Waals surface area contributed by atoms with Crippen molar-refractivity contribution in [3.8, 4) is 0 Å². The second-order valence-corrected chi connectivity index (χ2v) is 6.54. The van der Waals surface area contributed by atoms with Gasteiger partial charge in [-0.2, -0.15) is 0 Å². The highest BCUT2D eigenvalue weighted by atomic mass is 33.1. The Kier molecular flexibility index (Phi) is 6.33. The summed E-state index contributed by atoms with van der Waals surface area (Å²) in [5.74, 6) is 0. The molecule has 0 radical (unpaired) electrons. The van der Waals surface area contributed by atoms with Crippen molar-refractivity contribution in [3.63, 3.8) is 0 Å². The number of hydrogen-bond donors (Lipinski definition) is 1. The van der Waals surface area contributed by atoms with Crippen LogP contribution in [0.3, 0.4) is 0 Å². The molecule has 78 valence electrons. The van der Waals surface area contributed by atoms with E-state index >= 15 is 0 Å². The highest BCUT2D eigenvalue weighted by Gasteiger charge is 2.18. The molecule has 1 nitrogen and oxygen atoms in total. The predicted molar refractivity (Wildman–Crippen MR) is 65.4 cm³/mol. The van der Waals surface area contributed by atoms with Gasteiger partial charge in [-0.05, 0) is 12.8 Å². The van der Waals surface area contributed by atoms with Crippen LogP contribution < -0.4 is 5.32 Å². The van der Waals surface area contributed by atoms with Crippen molar-refractivity contribution in [1.82, 2.24) is 5.32 Å². The van der Waals surface area contributed by atoms with E-state index in [0.29, 0.717) is 0 Å². The number of nitrogens with one attached hydrogen (secondary N) is 1. The topological polar surface area (TPSA) is 12.0 Å². The summed E-state index contributed by atoms with van der Waals surface area (Å²) in [6.07, 6.45) is 5.36. The zero-order chi connectivity index (χ0) is 9.52. The summed E-state index contributed by atoms with van der Waals surface area (Å²) >= 11 is 0. The van der Waals surface area contributed by atoms with Gasteiger partial charge in [0.05, 0.1) is 0 Å². The third-order valence-corrected chi connectivity index (χ3v) is 5.72. The van der Waals surface area contributed by atoms with E-state index in [-0.39, 0.29) is 0 Å². The van der Waals surface area contributed by atoms with Crippen LogP contribution in [0.15, 0.2) is 0 Å². The van der Waals surface area contributed by atoms with Crippen LogP contribution >= 0.6 is 21.6 Å². The average molecular weight is 219 g/mol. The normalized spacial score (nSPS) is 30.0. The molecule has 1 aliphatic heterocycles. The van der Waals surface area contributed by atoms with E-state index in [1.807, 2.05) is 0 Å². The molecule has 0 amide bonds. The Labute approximate surface area is 90.2 Å². The Morgan fingerprint density at radius 3 is 1.85 bits per heavy atom. The second kappa shape index (κ2) is 7.02. The van der Waals surface area contributed by atoms with Crippen molar-refractivity contribution in [2.24, 2.45) is 0 Å². The Morgan fingerprint density at radius 2 is 1.46 bits per heavy atom. The SMILES string of the molecule is CCCC1CNCC(CCC)SS1. The molecular formula is C10H21NS2. The van der Waals surface area contributed by atoms with Gasteiger partial charge in [-0.15, -0.1) is 0 Å². The summed E-state index contributed by atoms with van der Waals surface area (Å²) in [4.78, 5) is 0. The average Bonchev–Trinajstić information content (AvgIpc) is 2.33. The Morgan fingerprint density at radius 1 is 1.00 bits per heavy atom. The molecule has 1 saturated heterocycles. The summed E-state index contributed by atoms with van der Waals surface area (Å²) in [5, 5.41) is 5.26. The van der Waals surface area contributed by atoms with Gasteiger partial charge in [0.2, 0.25) is 0 Å². The Bertz CT molecular complexity index is 116. The molecule has 2 atom stereocenters. The van der Waals surface area contributed by atoms with E-state index in [0.717, 1.165) is 10.5 Å². The van der Waals surface area contributed by atoms with E-state index in [2.05, 4.69) is 40.8 Å². The zero-order valence-corrected chi connectivity index (χ0v) is 10.3. The highest BCUT2D eigenvalue weighted by Crippen LogP contribution is 2.36. The molecule has 0 aliphatic carbocycles. The van der Waals surface area contributed by atoms with Gasteiger partial charge in [0, 0.05) is 23.6 Å². The lowest BCUT2D eigenvalue weighted by molar-refractivity contribution is 0.606. The molecule has 1 rings (SSSR count). The van der Waals surface area contributed by atoms with Gasteiger partial charge in [0.25, 0.3) is 0 Å². The van der Waals surface area contributed by atoms with E-state index in [1.165, 1.54) is 38.8 Å². The van der Waals surface area contributed by atoms with Gasteiger partial charge < -0.3 is 5.32 Å².